The molecule has 0 radical (unpaired) electrons. The Morgan fingerprint density at radius 2 is 1.73 bits per heavy atom. The van der Waals surface area contributed by atoms with Gasteiger partial charge in [-0.25, -0.2) is 31.0 Å². The van der Waals surface area contributed by atoms with Gasteiger partial charge in [-0.15, -0.1) is 0 Å². The Bertz CT molecular complexity index is 1540. The highest BCUT2D eigenvalue weighted by atomic mass is 35.5. The lowest BCUT2D eigenvalue weighted by molar-refractivity contribution is 0.0978. The molecule has 1 aromatic heterocycles. The summed E-state index contributed by atoms with van der Waals surface area (Å²) >= 11 is 12.4. The van der Waals surface area contributed by atoms with E-state index >= 15 is 0 Å². The second kappa shape index (κ2) is 8.36. The minimum Gasteiger partial charge on any atom is -0.268 e. The van der Waals surface area contributed by atoms with Crippen molar-refractivity contribution in [1.82, 2.24) is 14.5 Å². The summed E-state index contributed by atoms with van der Waals surface area (Å²) in [5.41, 5.74) is -0.521. The third-order valence-corrected chi connectivity index (χ3v) is 5.80. The van der Waals surface area contributed by atoms with Gasteiger partial charge in [0.2, 0.25) is 10.0 Å². The lowest BCUT2D eigenvalue weighted by Gasteiger charge is -2.10. The van der Waals surface area contributed by atoms with Crippen LogP contribution < -0.4 is 4.72 Å². The van der Waals surface area contributed by atoms with Crippen LogP contribution >= 0.6 is 23.2 Å². The Kier molecular flexibility index (Phi) is 5.85. The molecule has 4 rings (SSSR count). The number of rotatable bonds is 4. The summed E-state index contributed by atoms with van der Waals surface area (Å²) in [5, 5.41) is 4.34. The molecular weight excluding hydrogens is 502 g/mol. The van der Waals surface area contributed by atoms with Crippen molar-refractivity contribution >= 4 is 50.0 Å². The third kappa shape index (κ3) is 4.41. The Labute approximate surface area is 195 Å². The number of halogens is 5. The van der Waals surface area contributed by atoms with Gasteiger partial charge in [-0.2, -0.15) is 5.10 Å². The van der Waals surface area contributed by atoms with E-state index in [1.807, 2.05) is 0 Å². The average Bonchev–Trinajstić information content (AvgIpc) is 3.06. The van der Waals surface area contributed by atoms with E-state index in [-0.39, 0.29) is 37.9 Å². The molecule has 0 unspecified atom stereocenters. The van der Waals surface area contributed by atoms with E-state index in [9.17, 15) is 26.4 Å². The predicted molar refractivity (Wildman–Crippen MR) is 119 cm³/mol. The molecule has 1 N–H and O–H groups in total. The van der Waals surface area contributed by atoms with Crippen LogP contribution in [0, 0.1) is 17.5 Å². The molecule has 0 spiro atoms. The zero-order valence-electron chi connectivity index (χ0n) is 16.5. The molecule has 0 bridgehead atoms. The van der Waals surface area contributed by atoms with E-state index in [0.29, 0.717) is 0 Å². The Balaban J connectivity index is 1.95. The lowest BCUT2D eigenvalue weighted by atomic mass is 10.1. The molecule has 0 saturated heterocycles. The number of nitrogens with one attached hydrogen (secondary N) is 1. The third-order valence-electron chi connectivity index (χ3n) is 4.63. The van der Waals surface area contributed by atoms with Crippen molar-refractivity contribution in [3.05, 3.63) is 81.6 Å². The second-order valence-electron chi connectivity index (χ2n) is 7.01. The van der Waals surface area contributed by atoms with Gasteiger partial charge in [0.25, 0.3) is 5.91 Å². The van der Waals surface area contributed by atoms with Gasteiger partial charge in [0.05, 0.1) is 38.6 Å². The molecule has 0 aliphatic carbocycles. The number of carbonyl (C=O) groups excluding carboxylic acids is 1. The molecule has 33 heavy (non-hydrogen) atoms. The van der Waals surface area contributed by atoms with Crippen LogP contribution in [0.1, 0.15) is 10.4 Å². The molecule has 0 fully saturated rings. The molecule has 170 valence electrons. The minimum atomic E-state index is -3.94. The summed E-state index contributed by atoms with van der Waals surface area (Å²) < 4.78 is 68.8. The van der Waals surface area contributed by atoms with Crippen LogP contribution in [0.4, 0.5) is 13.2 Å². The zero-order valence-corrected chi connectivity index (χ0v) is 18.9. The van der Waals surface area contributed by atoms with E-state index < -0.39 is 38.9 Å². The molecule has 1 heterocycles. The van der Waals surface area contributed by atoms with Gasteiger partial charge < -0.3 is 0 Å². The van der Waals surface area contributed by atoms with E-state index in [0.717, 1.165) is 41.3 Å². The fourth-order valence-electron chi connectivity index (χ4n) is 3.28. The van der Waals surface area contributed by atoms with Crippen molar-refractivity contribution in [2.75, 3.05) is 6.26 Å². The highest BCUT2D eigenvalue weighted by Gasteiger charge is 2.23. The van der Waals surface area contributed by atoms with Crippen LogP contribution in [0.25, 0.3) is 27.8 Å². The molecule has 3 aromatic carbocycles. The van der Waals surface area contributed by atoms with Crippen LogP contribution in [0.3, 0.4) is 0 Å². The molecule has 4 aromatic rings. The quantitative estimate of drug-likeness (QED) is 0.411. The fraction of sp³-hybridized carbons (Fsp3) is 0.0476. The molecule has 12 heteroatoms. The summed E-state index contributed by atoms with van der Waals surface area (Å²) in [7, 11) is -3.94. The largest absolute Gasteiger partial charge is 0.268 e. The van der Waals surface area contributed by atoms with Gasteiger partial charge in [-0.3, -0.25) is 4.79 Å². The lowest BCUT2D eigenvalue weighted by Crippen LogP contribution is -2.30. The molecule has 0 aliphatic rings. The van der Waals surface area contributed by atoms with Gasteiger partial charge >= 0.3 is 0 Å². The Morgan fingerprint density at radius 3 is 2.39 bits per heavy atom. The highest BCUT2D eigenvalue weighted by Crippen LogP contribution is 2.37. The molecule has 1 amide bonds. The fourth-order valence-corrected chi connectivity index (χ4v) is 4.22. The van der Waals surface area contributed by atoms with Crippen LogP contribution in [0.5, 0.6) is 0 Å². The summed E-state index contributed by atoms with van der Waals surface area (Å²) in [6.07, 6.45) is 0.739. The summed E-state index contributed by atoms with van der Waals surface area (Å²) in [6, 6.07) is 9.38. The number of carbonyl (C=O) groups is 1. The first-order chi connectivity index (χ1) is 15.5. The van der Waals surface area contributed by atoms with Crippen LogP contribution in [0.2, 0.25) is 10.0 Å². The second-order valence-corrected chi connectivity index (χ2v) is 9.57. The van der Waals surface area contributed by atoms with E-state index in [1.165, 1.54) is 18.2 Å². The van der Waals surface area contributed by atoms with Crippen molar-refractivity contribution in [1.29, 1.82) is 0 Å². The number of hydrogen-bond donors (Lipinski definition) is 1. The maximum absolute atomic E-state index is 14.8. The van der Waals surface area contributed by atoms with Crippen LogP contribution in [-0.2, 0) is 10.0 Å². The van der Waals surface area contributed by atoms with Gasteiger partial charge in [0.15, 0.2) is 0 Å². The van der Waals surface area contributed by atoms with Crippen molar-refractivity contribution in [2.24, 2.45) is 0 Å². The Morgan fingerprint density at radius 1 is 1.00 bits per heavy atom. The smallest absolute Gasteiger partial charge is 0.267 e. The first kappa shape index (κ1) is 23.1. The number of aromatic nitrogens is 2. The number of fused-ring (bicyclic) bond motifs is 1. The number of amides is 1. The average molecular weight is 514 g/mol. The monoisotopic (exact) mass is 513 g/mol. The van der Waals surface area contributed by atoms with Crippen molar-refractivity contribution < 1.29 is 26.4 Å². The molecule has 6 nitrogen and oxygen atoms in total. The standard InChI is InChI=1S/C21H12Cl2F3N3O3S/c1-33(31,32)28-21(30)11-8-14(23)18(9-16(11)26)29-17-6-5-10(24)7-12(17)20(27-29)19-13(22)3-2-4-15(19)25/h2-9H,1H3,(H,28,30). The van der Waals surface area contributed by atoms with Crippen molar-refractivity contribution in [2.45, 2.75) is 0 Å². The summed E-state index contributed by atoms with van der Waals surface area (Å²) in [4.78, 5) is 12.1. The first-order valence-electron chi connectivity index (χ1n) is 9.10. The SMILES string of the molecule is CS(=O)(=O)NC(=O)c1cc(Cl)c(-n2nc(-c3c(F)cccc3Cl)c3cc(F)ccc32)cc1F. The first-order valence-corrected chi connectivity index (χ1v) is 11.7. The minimum absolute atomic E-state index is 0.0111. The molecule has 0 aliphatic heterocycles. The molecule has 0 saturated carbocycles. The number of benzene rings is 3. The predicted octanol–water partition coefficient (Wildman–Crippen LogP) is 5.11. The van der Waals surface area contributed by atoms with Crippen molar-refractivity contribution in [3.8, 4) is 16.9 Å². The highest BCUT2D eigenvalue weighted by molar-refractivity contribution is 7.89. The summed E-state index contributed by atoms with van der Waals surface area (Å²) in [6.45, 7) is 0. The van der Waals surface area contributed by atoms with Gasteiger partial charge in [0.1, 0.15) is 23.1 Å². The molecular formula is C21H12Cl2F3N3O3S. The van der Waals surface area contributed by atoms with E-state index in [4.69, 9.17) is 23.2 Å². The summed E-state index contributed by atoms with van der Waals surface area (Å²) in [5.74, 6) is -3.63. The normalized spacial score (nSPS) is 11.7. The number of nitrogens with zero attached hydrogens (tertiary/aromatic N) is 2. The van der Waals surface area contributed by atoms with Crippen LogP contribution in [0.15, 0.2) is 48.5 Å². The van der Waals surface area contributed by atoms with Gasteiger partial charge in [-0.05, 0) is 36.4 Å². The maximum atomic E-state index is 14.8. The van der Waals surface area contributed by atoms with Gasteiger partial charge in [0, 0.05) is 11.5 Å². The number of hydrogen-bond acceptors (Lipinski definition) is 4. The van der Waals surface area contributed by atoms with E-state index in [1.54, 1.807) is 4.72 Å². The topological polar surface area (TPSA) is 81.1 Å². The van der Waals surface area contributed by atoms with Crippen LogP contribution in [-0.4, -0.2) is 30.4 Å². The van der Waals surface area contributed by atoms with Crippen molar-refractivity contribution in [3.63, 3.8) is 0 Å². The Hall–Kier alpha value is -3.08. The van der Waals surface area contributed by atoms with E-state index in [2.05, 4.69) is 5.10 Å². The zero-order chi connectivity index (χ0) is 24.1. The maximum Gasteiger partial charge on any atom is 0.267 e. The number of sulfonamides is 1. The molecule has 0 atom stereocenters. The van der Waals surface area contributed by atoms with Gasteiger partial charge in [-0.1, -0.05) is 29.3 Å².